The van der Waals surface area contributed by atoms with Crippen molar-refractivity contribution in [1.82, 2.24) is 0 Å². The molecule has 3 atom stereocenters. The highest BCUT2D eigenvalue weighted by Crippen LogP contribution is 2.50. The number of aliphatic hydroxyl groups excluding tert-OH is 1. The lowest BCUT2D eigenvalue weighted by molar-refractivity contribution is -0.127. The molecule has 0 bridgehead atoms. The molecule has 0 amide bonds. The third-order valence-electron chi connectivity index (χ3n) is 6.48. The molecule has 2 aromatic carbocycles. The maximum absolute atomic E-state index is 13.5. The molecule has 8 nitrogen and oxygen atoms in total. The normalized spacial score (nSPS) is 26.0. The fourth-order valence-corrected chi connectivity index (χ4v) is 4.76. The van der Waals surface area contributed by atoms with Gasteiger partial charge in [-0.2, -0.15) is 0 Å². The van der Waals surface area contributed by atoms with Crippen molar-refractivity contribution in [2.75, 3.05) is 0 Å². The van der Waals surface area contributed by atoms with Crippen molar-refractivity contribution in [3.8, 4) is 11.5 Å². The van der Waals surface area contributed by atoms with Crippen molar-refractivity contribution < 1.29 is 34.8 Å². The number of aromatic hydroxyl groups is 2. The van der Waals surface area contributed by atoms with Gasteiger partial charge in [-0.25, -0.2) is 0 Å². The van der Waals surface area contributed by atoms with E-state index in [0.717, 1.165) is 6.92 Å². The quantitative estimate of drug-likeness (QED) is 0.439. The van der Waals surface area contributed by atoms with Crippen LogP contribution in [0.3, 0.4) is 0 Å². The first-order chi connectivity index (χ1) is 13.9. The van der Waals surface area contributed by atoms with Gasteiger partial charge in [0.05, 0.1) is 17.0 Å². The molecule has 0 heterocycles. The number of phenolic OH excluding ortho intramolecular Hbond substituents is 2. The van der Waals surface area contributed by atoms with Gasteiger partial charge in [-0.1, -0.05) is 12.1 Å². The van der Waals surface area contributed by atoms with Gasteiger partial charge < -0.3 is 26.2 Å². The van der Waals surface area contributed by atoms with Crippen LogP contribution in [0, 0.1) is 19.8 Å². The lowest BCUT2D eigenvalue weighted by Crippen LogP contribution is -2.63. The summed E-state index contributed by atoms with van der Waals surface area (Å²) in [5.74, 6) is -5.76. The fourth-order valence-electron chi connectivity index (χ4n) is 4.76. The Bertz CT molecular complexity index is 1230. The predicted molar refractivity (Wildman–Crippen MR) is 107 cm³/mol. The molecular weight excluding hydrogens is 390 g/mol. The van der Waals surface area contributed by atoms with E-state index in [0.29, 0.717) is 22.1 Å². The topological polar surface area (TPSA) is 158 Å². The SMILES string of the molecule is CC(=O)C1=C(O)C2(O)C(=O)c3c(c(C)c4ccc(C)c(O)c4c3O)C[C@H]2[C@@H](N)C1=O. The van der Waals surface area contributed by atoms with Crippen LogP contribution in [0.5, 0.6) is 11.5 Å². The van der Waals surface area contributed by atoms with E-state index in [1.807, 2.05) is 0 Å². The minimum absolute atomic E-state index is 0.0492. The summed E-state index contributed by atoms with van der Waals surface area (Å²) in [4.78, 5) is 37.9. The second-order valence-electron chi connectivity index (χ2n) is 8.06. The average molecular weight is 411 g/mol. The Labute approximate surface area is 171 Å². The Morgan fingerprint density at radius 1 is 1.13 bits per heavy atom. The third kappa shape index (κ3) is 2.20. The molecule has 2 aromatic rings. The maximum Gasteiger partial charge on any atom is 0.206 e. The van der Waals surface area contributed by atoms with Crippen molar-refractivity contribution in [2.24, 2.45) is 11.7 Å². The molecule has 0 fully saturated rings. The Balaban J connectivity index is 2.11. The second-order valence-corrected chi connectivity index (χ2v) is 8.06. The van der Waals surface area contributed by atoms with E-state index in [9.17, 15) is 34.8 Å². The summed E-state index contributed by atoms with van der Waals surface area (Å²) in [6, 6.07) is 1.97. The minimum Gasteiger partial charge on any atom is -0.508 e. The standard InChI is InChI=1S/C22H21NO7/c1-7-4-5-10-8(2)11-6-12-16(23)19(27)13(9(3)24)20(28)22(12,30)21(29)15(11)18(26)14(10)17(7)25/h4-5,12,16,25-26,28,30H,6,23H2,1-3H3/t12-,16+,22?/m0/s1. The molecule has 156 valence electrons. The number of rotatable bonds is 1. The number of carbonyl (C=O) groups excluding carboxylic acids is 3. The number of ketones is 3. The summed E-state index contributed by atoms with van der Waals surface area (Å²) in [5.41, 5.74) is 3.80. The third-order valence-corrected chi connectivity index (χ3v) is 6.48. The first-order valence-corrected chi connectivity index (χ1v) is 9.42. The van der Waals surface area contributed by atoms with Gasteiger partial charge >= 0.3 is 0 Å². The van der Waals surface area contributed by atoms with Crippen LogP contribution in [0.4, 0.5) is 0 Å². The molecule has 2 aliphatic carbocycles. The highest BCUT2D eigenvalue weighted by Gasteiger charge is 2.60. The van der Waals surface area contributed by atoms with Gasteiger partial charge in [-0.05, 0) is 49.3 Å². The fraction of sp³-hybridized carbons (Fsp3) is 0.318. The molecule has 4 rings (SSSR count). The van der Waals surface area contributed by atoms with Crippen LogP contribution >= 0.6 is 0 Å². The van der Waals surface area contributed by atoms with E-state index in [2.05, 4.69) is 0 Å². The number of hydrogen-bond acceptors (Lipinski definition) is 8. The molecule has 0 radical (unpaired) electrons. The van der Waals surface area contributed by atoms with Gasteiger partial charge in [0, 0.05) is 5.92 Å². The van der Waals surface area contributed by atoms with Crippen LogP contribution in [0.25, 0.3) is 10.8 Å². The minimum atomic E-state index is -2.64. The first-order valence-electron chi connectivity index (χ1n) is 9.42. The van der Waals surface area contributed by atoms with Gasteiger partial charge in [0.15, 0.2) is 17.2 Å². The molecule has 1 unspecified atom stereocenters. The number of benzene rings is 2. The Kier molecular flexibility index (Phi) is 4.10. The van der Waals surface area contributed by atoms with Gasteiger partial charge in [0.2, 0.25) is 5.78 Å². The van der Waals surface area contributed by atoms with Gasteiger partial charge in [0.25, 0.3) is 0 Å². The molecule has 0 spiro atoms. The lowest BCUT2D eigenvalue weighted by atomic mass is 9.61. The zero-order valence-electron chi connectivity index (χ0n) is 16.6. The first kappa shape index (κ1) is 20.1. The molecule has 6 N–H and O–H groups in total. The molecule has 0 saturated carbocycles. The summed E-state index contributed by atoms with van der Waals surface area (Å²) in [6.07, 6.45) is -0.0936. The average Bonchev–Trinajstić information content (AvgIpc) is 2.68. The monoisotopic (exact) mass is 411 g/mol. The Morgan fingerprint density at radius 3 is 2.37 bits per heavy atom. The summed E-state index contributed by atoms with van der Waals surface area (Å²) in [5, 5.41) is 43.9. The van der Waals surface area contributed by atoms with Crippen molar-refractivity contribution in [3.05, 3.63) is 45.7 Å². The maximum atomic E-state index is 13.5. The molecule has 0 aliphatic heterocycles. The number of nitrogens with two attached hydrogens (primary N) is 1. The molecular formula is C22H21NO7. The number of hydrogen-bond donors (Lipinski definition) is 5. The van der Waals surface area contributed by atoms with Crippen molar-refractivity contribution in [2.45, 2.75) is 38.8 Å². The number of phenols is 2. The number of aliphatic hydroxyl groups is 2. The van der Waals surface area contributed by atoms with Crippen LogP contribution < -0.4 is 5.73 Å². The van der Waals surface area contributed by atoms with Crippen molar-refractivity contribution in [1.29, 1.82) is 0 Å². The van der Waals surface area contributed by atoms with Crippen LogP contribution in [0.2, 0.25) is 0 Å². The van der Waals surface area contributed by atoms with Gasteiger partial charge in [0.1, 0.15) is 22.8 Å². The highest BCUT2D eigenvalue weighted by molar-refractivity contribution is 6.25. The summed E-state index contributed by atoms with van der Waals surface area (Å²) in [6.45, 7) is 4.35. The molecule has 8 heteroatoms. The smallest absolute Gasteiger partial charge is 0.206 e. The van der Waals surface area contributed by atoms with E-state index in [-0.39, 0.29) is 23.1 Å². The molecule has 30 heavy (non-hydrogen) atoms. The van der Waals surface area contributed by atoms with E-state index in [1.54, 1.807) is 26.0 Å². The van der Waals surface area contributed by atoms with Gasteiger partial charge in [-0.15, -0.1) is 0 Å². The van der Waals surface area contributed by atoms with E-state index < -0.39 is 52.0 Å². The van der Waals surface area contributed by atoms with Crippen LogP contribution in [-0.2, 0) is 16.0 Å². The largest absolute Gasteiger partial charge is 0.508 e. The zero-order valence-corrected chi connectivity index (χ0v) is 16.6. The van der Waals surface area contributed by atoms with Gasteiger partial charge in [-0.3, -0.25) is 14.4 Å². The van der Waals surface area contributed by atoms with Crippen LogP contribution in [0.15, 0.2) is 23.5 Å². The molecule has 0 saturated heterocycles. The van der Waals surface area contributed by atoms with E-state index >= 15 is 0 Å². The van der Waals surface area contributed by atoms with Crippen molar-refractivity contribution in [3.63, 3.8) is 0 Å². The second kappa shape index (κ2) is 6.13. The zero-order chi connectivity index (χ0) is 22.3. The Morgan fingerprint density at radius 2 is 1.77 bits per heavy atom. The molecule has 0 aromatic heterocycles. The van der Waals surface area contributed by atoms with Crippen LogP contribution in [-0.4, -0.2) is 49.4 Å². The number of fused-ring (bicyclic) bond motifs is 3. The van der Waals surface area contributed by atoms with E-state index in [1.165, 1.54) is 0 Å². The van der Waals surface area contributed by atoms with Crippen LogP contribution in [0.1, 0.15) is 34.0 Å². The summed E-state index contributed by atoms with van der Waals surface area (Å²) < 4.78 is 0. The summed E-state index contributed by atoms with van der Waals surface area (Å²) >= 11 is 0. The number of carbonyl (C=O) groups is 3. The van der Waals surface area contributed by atoms with Crippen molar-refractivity contribution >= 4 is 28.1 Å². The molecule has 2 aliphatic rings. The predicted octanol–water partition coefficient (Wildman–Crippen LogP) is 1.27. The number of aryl methyl sites for hydroxylation is 2. The Hall–Kier alpha value is -3.23. The summed E-state index contributed by atoms with van der Waals surface area (Å²) in [7, 11) is 0. The highest BCUT2D eigenvalue weighted by atomic mass is 16.3. The lowest BCUT2D eigenvalue weighted by Gasteiger charge is -2.45. The van der Waals surface area contributed by atoms with E-state index in [4.69, 9.17) is 5.73 Å². The number of Topliss-reactive ketones (excluding diaryl/α,β-unsaturated/α-hetero) is 3.